The lowest BCUT2D eigenvalue weighted by atomic mass is 9.90. The van der Waals surface area contributed by atoms with Gasteiger partial charge in [0.05, 0.1) is 28.4 Å². The molecule has 0 amide bonds. The van der Waals surface area contributed by atoms with E-state index in [1.165, 1.54) is 18.4 Å². The van der Waals surface area contributed by atoms with E-state index in [1.54, 1.807) is 23.5 Å². The second-order valence-corrected chi connectivity index (χ2v) is 7.25. The number of halogens is 1. The number of nitrogens with zero attached hydrogens (tertiary/aromatic N) is 3. The molecule has 3 heterocycles. The van der Waals surface area contributed by atoms with Crippen LogP contribution in [-0.2, 0) is 4.74 Å². The van der Waals surface area contributed by atoms with Gasteiger partial charge in [-0.05, 0) is 18.9 Å². The molecule has 6 nitrogen and oxygen atoms in total. The molecule has 0 saturated heterocycles. The fourth-order valence-electron chi connectivity index (χ4n) is 3.57. The van der Waals surface area contributed by atoms with E-state index >= 15 is 0 Å². The highest BCUT2D eigenvalue weighted by molar-refractivity contribution is 7.19. The Bertz CT molecular complexity index is 796. The van der Waals surface area contributed by atoms with Crippen LogP contribution in [0.25, 0.3) is 10.2 Å². The summed E-state index contributed by atoms with van der Waals surface area (Å²) >= 11 is 1.38. The van der Waals surface area contributed by atoms with E-state index in [4.69, 9.17) is 10.5 Å². The highest BCUT2D eigenvalue weighted by Gasteiger charge is 2.37. The number of pyridine rings is 1. The number of nitrogens with two attached hydrogens (primary N) is 1. The van der Waals surface area contributed by atoms with Gasteiger partial charge in [-0.3, -0.25) is 0 Å². The predicted octanol–water partition coefficient (Wildman–Crippen LogP) is 2.75. The fourth-order valence-corrected chi connectivity index (χ4v) is 4.69. The van der Waals surface area contributed by atoms with Crippen LogP contribution >= 0.6 is 11.3 Å². The molecule has 24 heavy (non-hydrogen) atoms. The number of ether oxygens (including phenoxy) is 1. The number of aliphatic hydroxyl groups is 1. The number of fused-ring (bicyclic) bond motifs is 3. The van der Waals surface area contributed by atoms with Crippen molar-refractivity contribution < 1.29 is 14.2 Å². The van der Waals surface area contributed by atoms with Gasteiger partial charge in [-0.15, -0.1) is 11.3 Å². The van der Waals surface area contributed by atoms with Crippen LogP contribution in [0.2, 0.25) is 0 Å². The van der Waals surface area contributed by atoms with Crippen LogP contribution in [0.15, 0.2) is 17.3 Å². The Balaban J connectivity index is 1.65. The Labute approximate surface area is 142 Å². The number of hydrogen-bond donors (Lipinski definition) is 2. The van der Waals surface area contributed by atoms with Gasteiger partial charge in [0.1, 0.15) is 11.0 Å². The lowest BCUT2D eigenvalue weighted by molar-refractivity contribution is -0.0404. The molecule has 4 atom stereocenters. The van der Waals surface area contributed by atoms with Crippen molar-refractivity contribution in [2.45, 2.75) is 43.8 Å². The third kappa shape index (κ3) is 2.37. The number of anilines is 1. The summed E-state index contributed by atoms with van der Waals surface area (Å²) in [5, 5.41) is 11.6. The summed E-state index contributed by atoms with van der Waals surface area (Å²) < 4.78 is 19.4. The van der Waals surface area contributed by atoms with Crippen molar-refractivity contribution in [1.82, 2.24) is 9.88 Å². The zero-order valence-corrected chi connectivity index (χ0v) is 14.0. The quantitative estimate of drug-likeness (QED) is 0.870. The van der Waals surface area contributed by atoms with Crippen LogP contribution < -0.4 is 5.73 Å². The second-order valence-electron chi connectivity index (χ2n) is 6.22. The minimum atomic E-state index is -1.03. The fraction of sp³-hybridized carbons (Fsp3) is 0.500. The minimum absolute atomic E-state index is 0.103. The number of hydrogen-bond acceptors (Lipinski definition) is 7. The molecule has 2 aliphatic rings. The standard InChI is InChI=1S/C16H19FN4O2S/c1-23-11-3-2-8(6-9(11)17)21-7-20-13-12-10(18)4-5-19-15(12)24-14(13)16(21)22/h4-5,7-9,11,16,22H,2-3,6H2,1H3,(H2,18,19)/t8-,9?,11?,16?/m0/s1. The van der Waals surface area contributed by atoms with Crippen molar-refractivity contribution in [3.8, 4) is 0 Å². The molecule has 1 fully saturated rings. The van der Waals surface area contributed by atoms with Gasteiger partial charge in [0.2, 0.25) is 0 Å². The first-order valence-corrected chi connectivity index (χ1v) is 8.75. The minimum Gasteiger partial charge on any atom is -0.398 e. The molecule has 0 aromatic carbocycles. The maximum Gasteiger partial charge on any atom is 0.165 e. The summed E-state index contributed by atoms with van der Waals surface area (Å²) in [7, 11) is 1.54. The zero-order valence-electron chi connectivity index (χ0n) is 13.2. The van der Waals surface area contributed by atoms with Gasteiger partial charge >= 0.3 is 0 Å². The Morgan fingerprint density at radius 1 is 1.46 bits per heavy atom. The smallest absolute Gasteiger partial charge is 0.165 e. The summed E-state index contributed by atoms with van der Waals surface area (Å²) in [6, 6.07) is 1.62. The van der Waals surface area contributed by atoms with Crippen LogP contribution in [0.1, 0.15) is 30.4 Å². The van der Waals surface area contributed by atoms with Crippen LogP contribution in [-0.4, -0.2) is 46.8 Å². The maximum atomic E-state index is 14.2. The third-order valence-corrected chi connectivity index (χ3v) is 6.00. The van der Waals surface area contributed by atoms with E-state index in [0.717, 1.165) is 16.6 Å². The summed E-state index contributed by atoms with van der Waals surface area (Å²) in [5.41, 5.74) is 7.30. The summed E-state index contributed by atoms with van der Waals surface area (Å²) in [5.74, 6) is 0. The Kier molecular flexibility index (Phi) is 3.90. The topological polar surface area (TPSA) is 84.0 Å². The van der Waals surface area contributed by atoms with Crippen molar-refractivity contribution in [2.75, 3.05) is 12.8 Å². The van der Waals surface area contributed by atoms with Crippen molar-refractivity contribution in [2.24, 2.45) is 4.99 Å². The van der Waals surface area contributed by atoms with E-state index in [2.05, 4.69) is 9.98 Å². The first kappa shape index (κ1) is 15.7. The normalized spacial score (nSPS) is 29.9. The molecule has 0 bridgehead atoms. The van der Waals surface area contributed by atoms with Crippen molar-refractivity contribution in [3.63, 3.8) is 0 Å². The van der Waals surface area contributed by atoms with Crippen LogP contribution in [0.4, 0.5) is 15.8 Å². The molecule has 4 rings (SSSR count). The van der Waals surface area contributed by atoms with Crippen molar-refractivity contribution in [1.29, 1.82) is 0 Å². The van der Waals surface area contributed by atoms with E-state index in [-0.39, 0.29) is 12.1 Å². The highest BCUT2D eigenvalue weighted by Crippen LogP contribution is 2.46. The summed E-state index contributed by atoms with van der Waals surface area (Å²) in [6.07, 6.45) is 2.72. The Hall–Kier alpha value is -1.77. The first-order chi connectivity index (χ1) is 11.6. The SMILES string of the molecule is COC1CC[C@H](N2C=Nc3c(sc4nccc(N)c34)C2O)CC1F. The molecule has 8 heteroatoms. The van der Waals surface area contributed by atoms with Gasteiger partial charge in [0.25, 0.3) is 0 Å². The number of aromatic nitrogens is 1. The monoisotopic (exact) mass is 350 g/mol. The number of aliphatic hydroxyl groups excluding tert-OH is 1. The molecule has 0 radical (unpaired) electrons. The highest BCUT2D eigenvalue weighted by atomic mass is 32.1. The molecule has 1 saturated carbocycles. The average molecular weight is 350 g/mol. The zero-order chi connectivity index (χ0) is 16.8. The molecule has 2 aromatic rings. The summed E-state index contributed by atoms with van der Waals surface area (Å²) in [6.45, 7) is 0. The molecule has 1 aliphatic carbocycles. The van der Waals surface area contributed by atoms with Crippen molar-refractivity contribution in [3.05, 3.63) is 17.1 Å². The lowest BCUT2D eigenvalue weighted by Gasteiger charge is -2.40. The van der Waals surface area contributed by atoms with Gasteiger partial charge in [-0.2, -0.15) is 0 Å². The Morgan fingerprint density at radius 2 is 2.29 bits per heavy atom. The molecule has 1 aliphatic heterocycles. The van der Waals surface area contributed by atoms with E-state index in [1.807, 2.05) is 0 Å². The first-order valence-electron chi connectivity index (χ1n) is 7.93. The number of methoxy groups -OCH3 is 1. The lowest BCUT2D eigenvalue weighted by Crippen LogP contribution is -2.45. The molecular formula is C16H19FN4O2S. The predicted molar refractivity (Wildman–Crippen MR) is 92.3 cm³/mol. The van der Waals surface area contributed by atoms with Crippen LogP contribution in [0.5, 0.6) is 0 Å². The Morgan fingerprint density at radius 3 is 3.04 bits per heavy atom. The van der Waals surface area contributed by atoms with Gasteiger partial charge < -0.3 is 20.5 Å². The largest absolute Gasteiger partial charge is 0.398 e. The molecule has 128 valence electrons. The number of nitrogen functional groups attached to an aromatic ring is 1. The van der Waals surface area contributed by atoms with E-state index < -0.39 is 12.4 Å². The third-order valence-electron chi connectivity index (χ3n) is 4.87. The molecule has 3 N–H and O–H groups in total. The van der Waals surface area contributed by atoms with Gasteiger partial charge in [-0.1, -0.05) is 0 Å². The average Bonchev–Trinajstić information content (AvgIpc) is 2.96. The maximum absolute atomic E-state index is 14.2. The number of aliphatic imine (C=N–C) groups is 1. The van der Waals surface area contributed by atoms with Gasteiger partial charge in [0.15, 0.2) is 6.23 Å². The van der Waals surface area contributed by atoms with Crippen LogP contribution in [0, 0.1) is 0 Å². The molecular weight excluding hydrogens is 331 g/mol. The number of alkyl halides is 1. The number of rotatable bonds is 2. The summed E-state index contributed by atoms with van der Waals surface area (Å²) in [4.78, 5) is 12.0. The molecule has 3 unspecified atom stereocenters. The van der Waals surface area contributed by atoms with E-state index in [9.17, 15) is 9.50 Å². The van der Waals surface area contributed by atoms with Crippen LogP contribution in [0.3, 0.4) is 0 Å². The van der Waals surface area contributed by atoms with Crippen molar-refractivity contribution >= 4 is 39.3 Å². The molecule has 0 spiro atoms. The van der Waals surface area contributed by atoms with E-state index in [0.29, 0.717) is 29.1 Å². The second kappa shape index (κ2) is 5.94. The van der Waals surface area contributed by atoms with Gasteiger partial charge in [-0.25, -0.2) is 14.4 Å². The number of thiophene rings is 1. The molecule has 2 aromatic heterocycles. The van der Waals surface area contributed by atoms with Gasteiger partial charge in [0, 0.05) is 31.5 Å².